The van der Waals surface area contributed by atoms with Crippen molar-refractivity contribution in [2.75, 3.05) is 7.05 Å². The average Bonchev–Trinajstić information content (AvgIpc) is 2.70. The van der Waals surface area contributed by atoms with Crippen molar-refractivity contribution in [2.24, 2.45) is 7.05 Å². The van der Waals surface area contributed by atoms with E-state index in [1.807, 2.05) is 25.7 Å². The molecule has 0 aliphatic heterocycles. The first-order chi connectivity index (χ1) is 9.01. The number of nitrogens with one attached hydrogen (secondary N) is 1. The maximum absolute atomic E-state index is 4.43. The molecule has 0 amide bonds. The van der Waals surface area contributed by atoms with Gasteiger partial charge in [-0.25, -0.2) is 0 Å². The van der Waals surface area contributed by atoms with E-state index < -0.39 is 0 Å². The summed E-state index contributed by atoms with van der Waals surface area (Å²) in [6.45, 7) is 6.35. The number of nitrogens with zero attached hydrogens (tertiary/aromatic N) is 2. The van der Waals surface area contributed by atoms with E-state index in [9.17, 15) is 0 Å². The predicted molar refractivity (Wildman–Crippen MR) is 79.4 cm³/mol. The first kappa shape index (κ1) is 13.8. The van der Waals surface area contributed by atoms with Crippen LogP contribution in [0.1, 0.15) is 34.1 Å². The summed E-state index contributed by atoms with van der Waals surface area (Å²) in [5, 5.41) is 7.82. The molecule has 0 saturated heterocycles. The van der Waals surface area contributed by atoms with Gasteiger partial charge in [0.15, 0.2) is 0 Å². The Balaban J connectivity index is 2.23. The third kappa shape index (κ3) is 3.04. The zero-order valence-electron chi connectivity index (χ0n) is 12.5. The van der Waals surface area contributed by atoms with Gasteiger partial charge in [-0.2, -0.15) is 5.10 Å². The lowest BCUT2D eigenvalue weighted by molar-refractivity contribution is 0.537. The van der Waals surface area contributed by atoms with Gasteiger partial charge in [0.1, 0.15) is 0 Å². The fourth-order valence-electron chi connectivity index (χ4n) is 2.48. The van der Waals surface area contributed by atoms with Gasteiger partial charge >= 0.3 is 0 Å². The number of aromatic nitrogens is 2. The van der Waals surface area contributed by atoms with E-state index in [1.165, 1.54) is 22.4 Å². The maximum Gasteiger partial charge on any atom is 0.0597 e. The number of rotatable bonds is 4. The van der Waals surface area contributed by atoms with Gasteiger partial charge in [-0.1, -0.05) is 18.2 Å². The summed E-state index contributed by atoms with van der Waals surface area (Å²) in [5.74, 6) is 0. The summed E-state index contributed by atoms with van der Waals surface area (Å²) in [6.07, 6.45) is 0.983. The lowest BCUT2D eigenvalue weighted by Crippen LogP contribution is -2.21. The number of hydrogen-bond donors (Lipinski definition) is 1. The van der Waals surface area contributed by atoms with E-state index in [2.05, 4.69) is 48.5 Å². The summed E-state index contributed by atoms with van der Waals surface area (Å²) < 4.78 is 1.97. The van der Waals surface area contributed by atoms with E-state index in [0.717, 1.165) is 12.1 Å². The van der Waals surface area contributed by atoms with Gasteiger partial charge in [0.25, 0.3) is 0 Å². The monoisotopic (exact) mass is 257 g/mol. The molecule has 0 saturated carbocycles. The first-order valence-corrected chi connectivity index (χ1v) is 6.75. The van der Waals surface area contributed by atoms with Crippen LogP contribution in [0.25, 0.3) is 0 Å². The van der Waals surface area contributed by atoms with E-state index in [1.54, 1.807) is 0 Å². The zero-order valence-corrected chi connectivity index (χ0v) is 12.5. The molecule has 1 aromatic heterocycles. The molecule has 2 rings (SSSR count). The van der Waals surface area contributed by atoms with Crippen molar-refractivity contribution < 1.29 is 0 Å². The van der Waals surface area contributed by atoms with Crippen molar-refractivity contribution in [3.63, 3.8) is 0 Å². The Kier molecular flexibility index (Phi) is 4.05. The Morgan fingerprint density at radius 1 is 1.16 bits per heavy atom. The molecule has 0 aliphatic carbocycles. The zero-order chi connectivity index (χ0) is 14.0. The number of benzene rings is 1. The summed E-state index contributed by atoms with van der Waals surface area (Å²) in [4.78, 5) is 0. The molecular weight excluding hydrogens is 234 g/mol. The van der Waals surface area contributed by atoms with Crippen molar-refractivity contribution in [3.8, 4) is 0 Å². The quantitative estimate of drug-likeness (QED) is 0.912. The van der Waals surface area contributed by atoms with Crippen LogP contribution in [0.5, 0.6) is 0 Å². The van der Waals surface area contributed by atoms with Gasteiger partial charge < -0.3 is 5.32 Å². The van der Waals surface area contributed by atoms with Gasteiger partial charge in [0.05, 0.1) is 17.4 Å². The fourth-order valence-corrected chi connectivity index (χ4v) is 2.48. The molecule has 1 unspecified atom stereocenters. The molecule has 0 aliphatic rings. The predicted octanol–water partition coefficient (Wildman–Crippen LogP) is 2.85. The molecule has 1 atom stereocenters. The highest BCUT2D eigenvalue weighted by Crippen LogP contribution is 2.20. The second-order valence-corrected chi connectivity index (χ2v) is 5.30. The van der Waals surface area contributed by atoms with Crippen LogP contribution >= 0.6 is 0 Å². The molecular formula is C16H23N3. The molecule has 3 nitrogen and oxygen atoms in total. The van der Waals surface area contributed by atoms with Crippen molar-refractivity contribution in [1.29, 1.82) is 0 Å². The van der Waals surface area contributed by atoms with Crippen LogP contribution < -0.4 is 5.32 Å². The van der Waals surface area contributed by atoms with Crippen LogP contribution in [-0.2, 0) is 13.5 Å². The highest BCUT2D eigenvalue weighted by molar-refractivity contribution is 5.31. The van der Waals surface area contributed by atoms with Crippen molar-refractivity contribution >= 4 is 0 Å². The number of likely N-dealkylation sites (N-methyl/N-ethyl adjacent to an activating group) is 1. The van der Waals surface area contributed by atoms with Crippen LogP contribution in [0, 0.1) is 20.8 Å². The van der Waals surface area contributed by atoms with Crippen LogP contribution in [-0.4, -0.2) is 16.8 Å². The summed E-state index contributed by atoms with van der Waals surface area (Å²) in [7, 11) is 4.01. The van der Waals surface area contributed by atoms with Gasteiger partial charge in [0, 0.05) is 7.05 Å². The minimum atomic E-state index is 0.299. The molecule has 0 spiro atoms. The average molecular weight is 257 g/mol. The third-order valence-corrected chi connectivity index (χ3v) is 3.75. The Bertz CT molecular complexity index is 569. The lowest BCUT2D eigenvalue weighted by Gasteiger charge is -2.17. The standard InChI is InChI=1S/C16H23N3/c1-11-6-7-14(8-12(11)2)10-15(17-4)16-9-13(3)18-19(16)5/h6-9,15,17H,10H2,1-5H3. The van der Waals surface area contributed by atoms with Gasteiger partial charge in [-0.15, -0.1) is 0 Å². The van der Waals surface area contributed by atoms with Crippen molar-refractivity contribution in [2.45, 2.75) is 33.2 Å². The van der Waals surface area contributed by atoms with E-state index in [0.29, 0.717) is 6.04 Å². The van der Waals surface area contributed by atoms with E-state index in [4.69, 9.17) is 0 Å². The second-order valence-electron chi connectivity index (χ2n) is 5.30. The van der Waals surface area contributed by atoms with Gasteiger partial charge in [0.2, 0.25) is 0 Å². The Morgan fingerprint density at radius 2 is 1.89 bits per heavy atom. The normalized spacial score (nSPS) is 12.7. The van der Waals surface area contributed by atoms with Crippen LogP contribution in [0.2, 0.25) is 0 Å². The third-order valence-electron chi connectivity index (χ3n) is 3.75. The molecule has 3 heteroatoms. The van der Waals surface area contributed by atoms with Crippen LogP contribution in [0.4, 0.5) is 0 Å². The Hall–Kier alpha value is -1.61. The van der Waals surface area contributed by atoms with Crippen molar-refractivity contribution in [1.82, 2.24) is 15.1 Å². The van der Waals surface area contributed by atoms with Crippen LogP contribution in [0.3, 0.4) is 0 Å². The van der Waals surface area contributed by atoms with Gasteiger partial charge in [-0.05, 0) is 57.0 Å². The molecule has 2 aromatic rings. The minimum absolute atomic E-state index is 0.299. The topological polar surface area (TPSA) is 29.9 Å². The second kappa shape index (κ2) is 5.57. The Morgan fingerprint density at radius 3 is 2.42 bits per heavy atom. The minimum Gasteiger partial charge on any atom is -0.311 e. The molecule has 1 N–H and O–H groups in total. The SMILES string of the molecule is CNC(Cc1ccc(C)c(C)c1)c1cc(C)nn1C. The maximum atomic E-state index is 4.43. The number of aryl methyl sites for hydroxylation is 4. The first-order valence-electron chi connectivity index (χ1n) is 6.75. The molecule has 19 heavy (non-hydrogen) atoms. The summed E-state index contributed by atoms with van der Waals surface area (Å²) >= 11 is 0. The fraction of sp³-hybridized carbons (Fsp3) is 0.438. The summed E-state index contributed by atoms with van der Waals surface area (Å²) in [5.41, 5.74) is 6.37. The highest BCUT2D eigenvalue weighted by Gasteiger charge is 2.15. The van der Waals surface area contributed by atoms with Crippen molar-refractivity contribution in [3.05, 3.63) is 52.3 Å². The highest BCUT2D eigenvalue weighted by atomic mass is 15.3. The molecule has 0 radical (unpaired) electrons. The smallest absolute Gasteiger partial charge is 0.0597 e. The Labute approximate surface area is 115 Å². The van der Waals surface area contributed by atoms with Gasteiger partial charge in [-0.3, -0.25) is 4.68 Å². The molecule has 102 valence electrons. The largest absolute Gasteiger partial charge is 0.311 e. The number of hydrogen-bond acceptors (Lipinski definition) is 2. The van der Waals surface area contributed by atoms with Crippen LogP contribution in [0.15, 0.2) is 24.3 Å². The molecule has 1 aromatic carbocycles. The van der Waals surface area contributed by atoms with E-state index in [-0.39, 0.29) is 0 Å². The molecule has 1 heterocycles. The molecule has 0 fully saturated rings. The molecule has 0 bridgehead atoms. The summed E-state index contributed by atoms with van der Waals surface area (Å²) in [6, 6.07) is 9.15. The lowest BCUT2D eigenvalue weighted by atomic mass is 9.99. The van der Waals surface area contributed by atoms with E-state index >= 15 is 0 Å².